The van der Waals surface area contributed by atoms with Gasteiger partial charge in [-0.05, 0) is 24.0 Å². The van der Waals surface area contributed by atoms with Gasteiger partial charge in [-0.1, -0.05) is 24.3 Å². The molecule has 1 aromatic heterocycles. The van der Waals surface area contributed by atoms with Crippen LogP contribution in [0.2, 0.25) is 0 Å². The van der Waals surface area contributed by atoms with Gasteiger partial charge >= 0.3 is 11.8 Å². The predicted molar refractivity (Wildman–Crippen MR) is 79.4 cm³/mol. The molecule has 1 N–H and O–H groups in total. The first kappa shape index (κ1) is 13.9. The highest BCUT2D eigenvalue weighted by Crippen LogP contribution is 2.39. The normalized spacial score (nSPS) is 20.3. The van der Waals surface area contributed by atoms with E-state index in [0.717, 1.165) is 24.0 Å². The SMILES string of the molecule is CN1Cc2ccccc2C(NC(=O)c2nnc(C3CC3)o2)C1=O. The van der Waals surface area contributed by atoms with E-state index in [1.807, 2.05) is 24.3 Å². The number of benzene rings is 1. The van der Waals surface area contributed by atoms with Crippen molar-refractivity contribution < 1.29 is 14.0 Å². The molecule has 4 rings (SSSR count). The molecule has 0 radical (unpaired) electrons. The van der Waals surface area contributed by atoms with Gasteiger partial charge in [-0.2, -0.15) is 0 Å². The van der Waals surface area contributed by atoms with Gasteiger partial charge in [0.25, 0.3) is 0 Å². The van der Waals surface area contributed by atoms with Crippen LogP contribution in [0, 0.1) is 0 Å². The van der Waals surface area contributed by atoms with Crippen molar-refractivity contribution >= 4 is 11.8 Å². The molecule has 7 nitrogen and oxygen atoms in total. The Kier molecular flexibility index (Phi) is 3.14. The maximum Gasteiger partial charge on any atom is 0.309 e. The summed E-state index contributed by atoms with van der Waals surface area (Å²) in [6.07, 6.45) is 2.03. The second-order valence-electron chi connectivity index (χ2n) is 6.02. The molecule has 118 valence electrons. The number of nitrogens with one attached hydrogen (secondary N) is 1. The van der Waals surface area contributed by atoms with Crippen molar-refractivity contribution in [2.45, 2.75) is 31.3 Å². The summed E-state index contributed by atoms with van der Waals surface area (Å²) < 4.78 is 5.40. The van der Waals surface area contributed by atoms with E-state index in [1.165, 1.54) is 0 Å². The molecule has 2 aromatic rings. The smallest absolute Gasteiger partial charge is 0.309 e. The topological polar surface area (TPSA) is 88.3 Å². The molecule has 1 fully saturated rings. The second-order valence-corrected chi connectivity index (χ2v) is 6.02. The molecular formula is C16H16N4O3. The van der Waals surface area contributed by atoms with Crippen LogP contribution in [-0.2, 0) is 11.3 Å². The second kappa shape index (κ2) is 5.19. The number of hydrogen-bond acceptors (Lipinski definition) is 5. The van der Waals surface area contributed by atoms with Crippen molar-refractivity contribution in [2.75, 3.05) is 7.05 Å². The van der Waals surface area contributed by atoms with Gasteiger partial charge in [-0.15, -0.1) is 10.2 Å². The molecule has 2 aliphatic rings. The molecule has 2 amide bonds. The van der Waals surface area contributed by atoms with Crippen LogP contribution in [0.3, 0.4) is 0 Å². The Balaban J connectivity index is 1.59. The van der Waals surface area contributed by atoms with E-state index >= 15 is 0 Å². The zero-order chi connectivity index (χ0) is 16.0. The largest absolute Gasteiger partial charge is 0.417 e. The number of carbonyl (C=O) groups excluding carboxylic acids is 2. The molecule has 1 aliphatic heterocycles. The Hall–Kier alpha value is -2.70. The van der Waals surface area contributed by atoms with Gasteiger partial charge in [0.1, 0.15) is 6.04 Å². The van der Waals surface area contributed by atoms with Gasteiger partial charge in [0, 0.05) is 19.5 Å². The van der Waals surface area contributed by atoms with E-state index in [4.69, 9.17) is 4.42 Å². The maximum atomic E-state index is 12.4. The quantitative estimate of drug-likeness (QED) is 0.925. The van der Waals surface area contributed by atoms with Crippen LogP contribution in [0.15, 0.2) is 28.7 Å². The third-order valence-corrected chi connectivity index (χ3v) is 4.23. The molecule has 1 saturated carbocycles. The highest BCUT2D eigenvalue weighted by molar-refractivity contribution is 5.95. The number of fused-ring (bicyclic) bond motifs is 1. The molecular weight excluding hydrogens is 296 g/mol. The van der Waals surface area contributed by atoms with Crippen LogP contribution in [0.1, 0.15) is 52.5 Å². The fourth-order valence-electron chi connectivity index (χ4n) is 2.80. The van der Waals surface area contributed by atoms with E-state index in [0.29, 0.717) is 12.4 Å². The van der Waals surface area contributed by atoms with Crippen molar-refractivity contribution in [3.05, 3.63) is 47.2 Å². The standard InChI is InChI=1S/C16H16N4O3/c1-20-8-10-4-2-3-5-11(10)12(16(20)22)17-13(21)15-19-18-14(23-15)9-6-7-9/h2-5,9,12H,6-8H2,1H3,(H,17,21). The number of aromatic nitrogens is 2. The third-order valence-electron chi connectivity index (χ3n) is 4.23. The summed E-state index contributed by atoms with van der Waals surface area (Å²) in [6.45, 7) is 0.535. The fourth-order valence-corrected chi connectivity index (χ4v) is 2.80. The minimum absolute atomic E-state index is 0.0922. The molecule has 1 aliphatic carbocycles. The Morgan fingerprint density at radius 3 is 2.87 bits per heavy atom. The molecule has 23 heavy (non-hydrogen) atoms. The van der Waals surface area contributed by atoms with E-state index < -0.39 is 11.9 Å². The third kappa shape index (κ3) is 2.48. The minimum Gasteiger partial charge on any atom is -0.417 e. The summed E-state index contributed by atoms with van der Waals surface area (Å²) in [5.74, 6) is 0.0205. The lowest BCUT2D eigenvalue weighted by molar-refractivity contribution is -0.133. The van der Waals surface area contributed by atoms with Crippen LogP contribution in [0.5, 0.6) is 0 Å². The first-order valence-corrected chi connectivity index (χ1v) is 7.60. The van der Waals surface area contributed by atoms with E-state index in [9.17, 15) is 9.59 Å². The first-order chi connectivity index (χ1) is 11.1. The van der Waals surface area contributed by atoms with Crippen molar-refractivity contribution in [2.24, 2.45) is 0 Å². The average Bonchev–Trinajstić information content (AvgIpc) is 3.28. The predicted octanol–water partition coefficient (Wildman–Crippen LogP) is 1.39. The van der Waals surface area contributed by atoms with Crippen LogP contribution in [0.4, 0.5) is 0 Å². The monoisotopic (exact) mass is 312 g/mol. The van der Waals surface area contributed by atoms with Gasteiger partial charge in [0.15, 0.2) is 0 Å². The van der Waals surface area contributed by atoms with E-state index in [2.05, 4.69) is 15.5 Å². The van der Waals surface area contributed by atoms with Gasteiger partial charge in [-0.25, -0.2) is 0 Å². The highest BCUT2D eigenvalue weighted by Gasteiger charge is 2.34. The van der Waals surface area contributed by atoms with Crippen LogP contribution in [-0.4, -0.2) is 34.0 Å². The molecule has 1 unspecified atom stereocenters. The molecule has 2 heterocycles. The molecule has 0 bridgehead atoms. The fraction of sp³-hybridized carbons (Fsp3) is 0.375. The lowest BCUT2D eigenvalue weighted by Gasteiger charge is -2.31. The Bertz CT molecular complexity index is 781. The number of rotatable bonds is 3. The first-order valence-electron chi connectivity index (χ1n) is 7.60. The van der Waals surface area contributed by atoms with Gasteiger partial charge in [0.05, 0.1) is 0 Å². The van der Waals surface area contributed by atoms with Crippen molar-refractivity contribution in [3.63, 3.8) is 0 Å². The summed E-state index contributed by atoms with van der Waals surface area (Å²) in [5, 5.41) is 10.4. The summed E-state index contributed by atoms with van der Waals surface area (Å²) in [7, 11) is 1.72. The summed E-state index contributed by atoms with van der Waals surface area (Å²) in [6, 6.07) is 6.86. The van der Waals surface area contributed by atoms with E-state index in [1.54, 1.807) is 11.9 Å². The molecule has 7 heteroatoms. The van der Waals surface area contributed by atoms with Gasteiger partial charge in [0.2, 0.25) is 11.8 Å². The number of nitrogens with zero attached hydrogens (tertiary/aromatic N) is 3. The number of carbonyl (C=O) groups is 2. The Labute approximate surface area is 132 Å². The van der Waals surface area contributed by atoms with Gasteiger partial charge in [-0.3, -0.25) is 9.59 Å². The van der Waals surface area contributed by atoms with Crippen LogP contribution in [0.25, 0.3) is 0 Å². The van der Waals surface area contributed by atoms with Gasteiger partial charge < -0.3 is 14.6 Å². The van der Waals surface area contributed by atoms with Crippen molar-refractivity contribution in [1.29, 1.82) is 0 Å². The summed E-state index contributed by atoms with van der Waals surface area (Å²) in [5.41, 5.74) is 1.83. The molecule has 1 aromatic carbocycles. The zero-order valence-corrected chi connectivity index (χ0v) is 12.7. The molecule has 0 spiro atoms. The van der Waals surface area contributed by atoms with Crippen molar-refractivity contribution in [3.8, 4) is 0 Å². The average molecular weight is 312 g/mol. The number of likely N-dealkylation sites (N-methyl/N-ethyl adjacent to an activating group) is 1. The summed E-state index contributed by atoms with van der Waals surface area (Å²) >= 11 is 0. The zero-order valence-electron chi connectivity index (χ0n) is 12.7. The number of amides is 2. The molecule has 0 saturated heterocycles. The molecule has 1 atom stereocenters. The van der Waals surface area contributed by atoms with Crippen molar-refractivity contribution in [1.82, 2.24) is 20.4 Å². The minimum atomic E-state index is -0.728. The van der Waals surface area contributed by atoms with Crippen LogP contribution < -0.4 is 5.32 Å². The summed E-state index contributed by atoms with van der Waals surface area (Å²) in [4.78, 5) is 26.4. The van der Waals surface area contributed by atoms with Crippen LogP contribution >= 0.6 is 0 Å². The maximum absolute atomic E-state index is 12.4. The van der Waals surface area contributed by atoms with E-state index in [-0.39, 0.29) is 17.7 Å². The highest BCUT2D eigenvalue weighted by atomic mass is 16.4. The lowest BCUT2D eigenvalue weighted by atomic mass is 9.95. The lowest BCUT2D eigenvalue weighted by Crippen LogP contribution is -2.44. The Morgan fingerprint density at radius 1 is 1.30 bits per heavy atom. The number of hydrogen-bond donors (Lipinski definition) is 1. The Morgan fingerprint density at radius 2 is 2.09 bits per heavy atom.